The molecule has 0 atom stereocenters. The Balaban J connectivity index is 1.15. The van der Waals surface area contributed by atoms with Gasteiger partial charge >= 0.3 is 13.2 Å². The predicted molar refractivity (Wildman–Crippen MR) is 173 cm³/mol. The molecule has 4 aromatic rings. The van der Waals surface area contributed by atoms with Gasteiger partial charge in [0.1, 0.15) is 6.61 Å². The van der Waals surface area contributed by atoms with Crippen molar-refractivity contribution >= 4 is 19.3 Å². The van der Waals surface area contributed by atoms with Gasteiger partial charge in [0.2, 0.25) is 0 Å². The summed E-state index contributed by atoms with van der Waals surface area (Å²) in [6, 6.07) is 35.6. The molecule has 0 spiro atoms. The summed E-state index contributed by atoms with van der Waals surface area (Å²) in [5.41, 5.74) is 8.11. The highest BCUT2D eigenvalue weighted by Gasteiger charge is 2.52. The van der Waals surface area contributed by atoms with Crippen LogP contribution in [-0.2, 0) is 20.5 Å². The zero-order chi connectivity index (χ0) is 30.0. The second-order valence-corrected chi connectivity index (χ2v) is 12.4. The van der Waals surface area contributed by atoms with Gasteiger partial charge in [-0.05, 0) is 78.5 Å². The lowest BCUT2D eigenvalue weighted by atomic mass is 9.77. The minimum absolute atomic E-state index is 0.00524. The number of carbonyl (C=O) groups is 1. The fraction of sp³-hybridized carbons (Fsp3) is 0.270. The molecule has 1 aliphatic heterocycles. The Kier molecular flexibility index (Phi) is 8.00. The third kappa shape index (κ3) is 6.17. The summed E-state index contributed by atoms with van der Waals surface area (Å²) in [6.07, 6.45) is 2.44. The molecule has 1 fully saturated rings. The molecule has 0 bridgehead atoms. The first-order valence-corrected chi connectivity index (χ1v) is 15.0. The third-order valence-corrected chi connectivity index (χ3v) is 8.92. The number of carbonyl (C=O) groups excluding carboxylic acids is 1. The van der Waals surface area contributed by atoms with Crippen molar-refractivity contribution in [1.82, 2.24) is 5.32 Å². The molecule has 1 heterocycles. The standard InChI is InChI=1S/C37H38BNO4/c1-36(2)37(3,4)43-38(42-36)29(23-28-20-18-27(19-21-28)22-26-12-6-5-7-13-26)24-39-35(40)41-25-34-32-16-10-8-14-30(32)31-15-9-11-17-33(31)34/h5-21,23,34H,22,24-25H2,1-4H3,(H,39,40). The summed E-state index contributed by atoms with van der Waals surface area (Å²) in [7, 11) is -0.595. The molecule has 6 heteroatoms. The van der Waals surface area contributed by atoms with E-state index in [0.717, 1.165) is 17.5 Å². The Labute approximate surface area is 255 Å². The quantitative estimate of drug-likeness (QED) is 0.219. The Morgan fingerprint density at radius 3 is 1.91 bits per heavy atom. The smallest absolute Gasteiger partial charge is 0.449 e. The molecule has 0 unspecified atom stereocenters. The molecule has 1 aliphatic carbocycles. The molecule has 5 nitrogen and oxygen atoms in total. The molecule has 1 N–H and O–H groups in total. The summed E-state index contributed by atoms with van der Waals surface area (Å²) < 4.78 is 18.5. The lowest BCUT2D eigenvalue weighted by molar-refractivity contribution is 0.00578. The summed E-state index contributed by atoms with van der Waals surface area (Å²) in [6.45, 7) is 8.62. The maximum atomic E-state index is 13.0. The van der Waals surface area contributed by atoms with E-state index in [4.69, 9.17) is 14.0 Å². The van der Waals surface area contributed by atoms with E-state index in [1.54, 1.807) is 0 Å². The van der Waals surface area contributed by atoms with Crippen LogP contribution in [0.5, 0.6) is 0 Å². The minimum atomic E-state index is -0.595. The van der Waals surface area contributed by atoms with Gasteiger partial charge in [0.15, 0.2) is 0 Å². The molecule has 0 aromatic heterocycles. The predicted octanol–water partition coefficient (Wildman–Crippen LogP) is 7.83. The second kappa shape index (κ2) is 11.9. The number of hydrogen-bond donors (Lipinski definition) is 1. The average Bonchev–Trinajstić information content (AvgIpc) is 3.44. The highest BCUT2D eigenvalue weighted by Crippen LogP contribution is 2.44. The molecule has 1 amide bonds. The molecule has 0 saturated carbocycles. The topological polar surface area (TPSA) is 56.8 Å². The van der Waals surface area contributed by atoms with Crippen LogP contribution in [0.4, 0.5) is 4.79 Å². The summed E-state index contributed by atoms with van der Waals surface area (Å²) in [4.78, 5) is 13.0. The first-order chi connectivity index (χ1) is 20.7. The van der Waals surface area contributed by atoms with Crippen molar-refractivity contribution in [1.29, 1.82) is 0 Å². The Hall–Kier alpha value is -4.13. The van der Waals surface area contributed by atoms with Crippen LogP contribution < -0.4 is 5.32 Å². The van der Waals surface area contributed by atoms with Crippen LogP contribution in [0.3, 0.4) is 0 Å². The molecular formula is C37H38BNO4. The first-order valence-electron chi connectivity index (χ1n) is 15.0. The van der Waals surface area contributed by atoms with Gasteiger partial charge in [-0.2, -0.15) is 0 Å². The van der Waals surface area contributed by atoms with E-state index in [-0.39, 0.29) is 19.1 Å². The van der Waals surface area contributed by atoms with Crippen LogP contribution in [0.1, 0.15) is 61.4 Å². The molecular weight excluding hydrogens is 533 g/mol. The molecule has 43 heavy (non-hydrogen) atoms. The van der Waals surface area contributed by atoms with Crippen LogP contribution in [0.15, 0.2) is 109 Å². The average molecular weight is 572 g/mol. The molecule has 6 rings (SSSR count). The Morgan fingerprint density at radius 1 is 0.767 bits per heavy atom. The number of amides is 1. The number of alkyl carbamates (subject to hydrolysis) is 1. The lowest BCUT2D eigenvalue weighted by Gasteiger charge is -2.32. The van der Waals surface area contributed by atoms with E-state index < -0.39 is 24.4 Å². The van der Waals surface area contributed by atoms with Crippen molar-refractivity contribution in [2.24, 2.45) is 0 Å². The van der Waals surface area contributed by atoms with Gasteiger partial charge in [-0.1, -0.05) is 109 Å². The zero-order valence-corrected chi connectivity index (χ0v) is 25.3. The van der Waals surface area contributed by atoms with E-state index in [1.807, 2.05) is 64.1 Å². The molecule has 2 aliphatic rings. The van der Waals surface area contributed by atoms with Gasteiger partial charge < -0.3 is 19.4 Å². The van der Waals surface area contributed by atoms with Gasteiger partial charge in [0, 0.05) is 12.5 Å². The summed E-state index contributed by atoms with van der Waals surface area (Å²) >= 11 is 0. The zero-order valence-electron chi connectivity index (χ0n) is 25.3. The normalized spacial score (nSPS) is 16.9. The van der Waals surface area contributed by atoms with Crippen molar-refractivity contribution in [2.45, 2.75) is 51.2 Å². The third-order valence-electron chi connectivity index (χ3n) is 8.92. The van der Waals surface area contributed by atoms with Crippen molar-refractivity contribution in [3.8, 4) is 11.1 Å². The number of rotatable bonds is 8. The molecule has 0 radical (unpaired) electrons. The van der Waals surface area contributed by atoms with Crippen LogP contribution in [0.25, 0.3) is 17.2 Å². The van der Waals surface area contributed by atoms with Gasteiger partial charge in [0.05, 0.1) is 11.2 Å². The van der Waals surface area contributed by atoms with Gasteiger partial charge in [-0.15, -0.1) is 0 Å². The van der Waals surface area contributed by atoms with E-state index in [1.165, 1.54) is 33.4 Å². The lowest BCUT2D eigenvalue weighted by Crippen LogP contribution is -2.41. The van der Waals surface area contributed by atoms with Gasteiger partial charge in [0.25, 0.3) is 0 Å². The second-order valence-electron chi connectivity index (χ2n) is 12.4. The van der Waals surface area contributed by atoms with E-state index in [0.29, 0.717) is 0 Å². The fourth-order valence-electron chi connectivity index (χ4n) is 5.80. The number of hydrogen-bond acceptors (Lipinski definition) is 4. The van der Waals surface area contributed by atoms with Crippen molar-refractivity contribution in [2.75, 3.05) is 13.2 Å². The Morgan fingerprint density at radius 2 is 1.30 bits per heavy atom. The monoisotopic (exact) mass is 571 g/mol. The summed E-state index contributed by atoms with van der Waals surface area (Å²) in [5, 5.41) is 2.96. The minimum Gasteiger partial charge on any atom is -0.449 e. The van der Waals surface area contributed by atoms with Crippen LogP contribution in [0.2, 0.25) is 0 Å². The molecule has 4 aromatic carbocycles. The Bertz CT molecular complexity index is 1570. The molecule has 1 saturated heterocycles. The van der Waals surface area contributed by atoms with E-state index in [9.17, 15) is 4.79 Å². The van der Waals surface area contributed by atoms with Gasteiger partial charge in [-0.25, -0.2) is 4.79 Å². The maximum absolute atomic E-state index is 13.0. The number of ether oxygens (including phenoxy) is 1. The number of fused-ring (bicyclic) bond motifs is 3. The molecule has 218 valence electrons. The van der Waals surface area contributed by atoms with E-state index in [2.05, 4.69) is 78.1 Å². The van der Waals surface area contributed by atoms with Crippen LogP contribution >= 0.6 is 0 Å². The van der Waals surface area contributed by atoms with Crippen molar-refractivity contribution in [3.63, 3.8) is 0 Å². The van der Waals surface area contributed by atoms with Crippen LogP contribution in [0, 0.1) is 0 Å². The van der Waals surface area contributed by atoms with Crippen molar-refractivity contribution in [3.05, 3.63) is 136 Å². The van der Waals surface area contributed by atoms with Gasteiger partial charge in [-0.3, -0.25) is 0 Å². The summed E-state index contributed by atoms with van der Waals surface area (Å²) in [5.74, 6) is 0.00524. The number of benzene rings is 4. The first kappa shape index (κ1) is 29.0. The highest BCUT2D eigenvalue weighted by atomic mass is 16.7. The van der Waals surface area contributed by atoms with E-state index >= 15 is 0 Å². The van der Waals surface area contributed by atoms with Crippen molar-refractivity contribution < 1.29 is 18.8 Å². The number of nitrogens with one attached hydrogen (secondary N) is 1. The van der Waals surface area contributed by atoms with Crippen LogP contribution in [-0.4, -0.2) is 37.6 Å². The highest BCUT2D eigenvalue weighted by molar-refractivity contribution is 6.56. The fourth-order valence-corrected chi connectivity index (χ4v) is 5.80. The SMILES string of the molecule is CC1(C)OB(C(=Cc2ccc(Cc3ccccc3)cc2)CNC(=O)OCC2c3ccccc3-c3ccccc32)OC1(C)C. The maximum Gasteiger partial charge on any atom is 0.492 e. The largest absolute Gasteiger partial charge is 0.492 e.